The van der Waals surface area contributed by atoms with Crippen LogP contribution in [0.3, 0.4) is 0 Å². The molecule has 4 rings (SSSR count). The zero-order chi connectivity index (χ0) is 12.5. The summed E-state index contributed by atoms with van der Waals surface area (Å²) in [5, 5.41) is 0. The largest absolute Gasteiger partial charge is 0.495 e. The topological polar surface area (TPSA) is 38.5 Å². The third-order valence-corrected chi connectivity index (χ3v) is 4.54. The smallest absolute Gasteiger partial charge is 0.141 e. The number of nitrogens with two attached hydrogens (primary N) is 1. The highest BCUT2D eigenvalue weighted by Crippen LogP contribution is 2.34. The monoisotopic (exact) mass is 246 g/mol. The number of ether oxygens (including phenoxy) is 1. The number of piperidine rings is 3. The van der Waals surface area contributed by atoms with Gasteiger partial charge in [-0.2, -0.15) is 0 Å². The summed E-state index contributed by atoms with van der Waals surface area (Å²) in [5.41, 5.74) is 8.07. The highest BCUT2D eigenvalue weighted by atomic mass is 16.5. The molecular weight excluding hydrogens is 224 g/mol. The molecule has 0 radical (unpaired) electrons. The zero-order valence-electron chi connectivity index (χ0n) is 11.1. The number of nitrogen functional groups attached to an aromatic ring is 1. The van der Waals surface area contributed by atoms with Crippen LogP contribution in [0.25, 0.3) is 0 Å². The minimum absolute atomic E-state index is 0.727. The molecule has 0 aliphatic carbocycles. The van der Waals surface area contributed by atoms with E-state index in [-0.39, 0.29) is 0 Å². The number of rotatable bonds is 3. The molecule has 0 saturated carbocycles. The van der Waals surface area contributed by atoms with Crippen molar-refractivity contribution in [3.8, 4) is 5.75 Å². The standard InChI is InChI=1S/C15H22N2O/c1-18-15-3-2-12(10-14(15)16)9-13-8-11-4-6-17(13)7-5-11/h2-3,10-11,13H,4-9,16H2,1H3. The lowest BCUT2D eigenvalue weighted by Gasteiger charge is -2.45. The second-order valence-electron chi connectivity index (χ2n) is 5.65. The van der Waals surface area contributed by atoms with Crippen molar-refractivity contribution in [3.63, 3.8) is 0 Å². The van der Waals surface area contributed by atoms with Gasteiger partial charge in [-0.1, -0.05) is 6.07 Å². The fourth-order valence-electron chi connectivity index (χ4n) is 3.48. The first-order chi connectivity index (χ1) is 8.76. The van der Waals surface area contributed by atoms with Crippen LogP contribution in [-0.4, -0.2) is 31.1 Å². The molecule has 3 fully saturated rings. The van der Waals surface area contributed by atoms with E-state index in [4.69, 9.17) is 10.5 Å². The maximum Gasteiger partial charge on any atom is 0.141 e. The van der Waals surface area contributed by atoms with E-state index < -0.39 is 0 Å². The van der Waals surface area contributed by atoms with Crippen molar-refractivity contribution in [1.29, 1.82) is 0 Å². The highest BCUT2D eigenvalue weighted by molar-refractivity contribution is 5.54. The summed E-state index contributed by atoms with van der Waals surface area (Å²) in [5.74, 6) is 1.75. The van der Waals surface area contributed by atoms with Gasteiger partial charge in [0, 0.05) is 6.04 Å². The summed E-state index contributed by atoms with van der Waals surface area (Å²) in [7, 11) is 1.66. The number of fused-ring (bicyclic) bond motifs is 3. The predicted octanol–water partition coefficient (Wildman–Crippen LogP) is 2.30. The van der Waals surface area contributed by atoms with Crippen molar-refractivity contribution in [2.24, 2.45) is 5.92 Å². The number of hydrogen-bond acceptors (Lipinski definition) is 3. The van der Waals surface area contributed by atoms with E-state index in [9.17, 15) is 0 Å². The molecule has 3 aliphatic rings. The second-order valence-corrected chi connectivity index (χ2v) is 5.65. The molecule has 1 unspecified atom stereocenters. The minimum atomic E-state index is 0.727. The normalized spacial score (nSPS) is 30.4. The number of anilines is 1. The van der Waals surface area contributed by atoms with Crippen molar-refractivity contribution >= 4 is 5.69 Å². The zero-order valence-corrected chi connectivity index (χ0v) is 11.1. The molecule has 3 saturated heterocycles. The van der Waals surface area contributed by atoms with Gasteiger partial charge in [0.15, 0.2) is 0 Å². The molecule has 18 heavy (non-hydrogen) atoms. The third kappa shape index (κ3) is 2.19. The second kappa shape index (κ2) is 4.81. The Morgan fingerprint density at radius 2 is 2.11 bits per heavy atom. The van der Waals surface area contributed by atoms with Crippen LogP contribution in [0, 0.1) is 5.92 Å². The van der Waals surface area contributed by atoms with Gasteiger partial charge in [0.1, 0.15) is 5.75 Å². The van der Waals surface area contributed by atoms with E-state index in [1.165, 1.54) is 37.9 Å². The van der Waals surface area contributed by atoms with Crippen LogP contribution in [0.15, 0.2) is 18.2 Å². The molecule has 98 valence electrons. The van der Waals surface area contributed by atoms with Crippen molar-refractivity contribution in [2.75, 3.05) is 25.9 Å². The molecule has 3 heterocycles. The van der Waals surface area contributed by atoms with Crippen molar-refractivity contribution in [3.05, 3.63) is 23.8 Å². The van der Waals surface area contributed by atoms with Gasteiger partial charge in [-0.05, 0) is 62.4 Å². The van der Waals surface area contributed by atoms with E-state index in [1.807, 2.05) is 6.07 Å². The van der Waals surface area contributed by atoms with Crippen LogP contribution in [0.2, 0.25) is 0 Å². The van der Waals surface area contributed by atoms with Gasteiger partial charge in [-0.25, -0.2) is 0 Å². The third-order valence-electron chi connectivity index (χ3n) is 4.54. The fraction of sp³-hybridized carbons (Fsp3) is 0.600. The number of nitrogens with zero attached hydrogens (tertiary/aromatic N) is 1. The number of methoxy groups -OCH3 is 1. The SMILES string of the molecule is COc1ccc(CC2CC3CCN2CC3)cc1N. The number of hydrogen-bond donors (Lipinski definition) is 1. The highest BCUT2D eigenvalue weighted by Gasteiger charge is 2.33. The van der Waals surface area contributed by atoms with E-state index in [2.05, 4.69) is 17.0 Å². The van der Waals surface area contributed by atoms with Crippen LogP contribution < -0.4 is 10.5 Å². The molecule has 2 bridgehead atoms. The maximum absolute atomic E-state index is 5.97. The van der Waals surface area contributed by atoms with Gasteiger partial charge >= 0.3 is 0 Å². The lowest BCUT2D eigenvalue weighted by molar-refractivity contribution is 0.0498. The predicted molar refractivity (Wildman–Crippen MR) is 73.8 cm³/mol. The molecule has 1 aromatic carbocycles. The molecule has 0 spiro atoms. The van der Waals surface area contributed by atoms with Crippen LogP contribution in [0.5, 0.6) is 5.75 Å². The summed E-state index contributed by atoms with van der Waals surface area (Å²) in [6, 6.07) is 6.94. The van der Waals surface area contributed by atoms with Crippen molar-refractivity contribution in [1.82, 2.24) is 4.90 Å². The quantitative estimate of drug-likeness (QED) is 0.832. The van der Waals surface area contributed by atoms with Crippen LogP contribution >= 0.6 is 0 Å². The average molecular weight is 246 g/mol. The minimum Gasteiger partial charge on any atom is -0.495 e. The molecule has 2 N–H and O–H groups in total. The molecular formula is C15H22N2O. The first-order valence-electron chi connectivity index (χ1n) is 6.92. The average Bonchev–Trinajstić information content (AvgIpc) is 2.40. The first-order valence-corrected chi connectivity index (χ1v) is 6.92. The summed E-state index contributed by atoms with van der Waals surface area (Å²) < 4.78 is 5.20. The molecule has 3 nitrogen and oxygen atoms in total. The van der Waals surface area contributed by atoms with Crippen molar-refractivity contribution < 1.29 is 4.74 Å². The Kier molecular flexibility index (Phi) is 3.16. The van der Waals surface area contributed by atoms with Gasteiger partial charge in [-0.15, -0.1) is 0 Å². The van der Waals surface area contributed by atoms with E-state index >= 15 is 0 Å². The van der Waals surface area contributed by atoms with Crippen LogP contribution in [0.1, 0.15) is 24.8 Å². The van der Waals surface area contributed by atoms with E-state index in [0.29, 0.717) is 0 Å². The number of benzene rings is 1. The Morgan fingerprint density at radius 3 is 2.67 bits per heavy atom. The van der Waals surface area contributed by atoms with Gasteiger partial charge in [0.25, 0.3) is 0 Å². The summed E-state index contributed by atoms with van der Waals surface area (Å²) >= 11 is 0. The van der Waals surface area contributed by atoms with Gasteiger partial charge in [0.2, 0.25) is 0 Å². The Hall–Kier alpha value is -1.22. The lowest BCUT2D eigenvalue weighted by Crippen LogP contribution is -2.49. The molecule has 0 amide bonds. The summed E-state index contributed by atoms with van der Waals surface area (Å²) in [6.07, 6.45) is 5.30. The fourth-order valence-corrected chi connectivity index (χ4v) is 3.48. The Bertz CT molecular complexity index is 425. The molecule has 3 heteroatoms. The molecule has 1 atom stereocenters. The Labute approximate surface area is 109 Å². The molecule has 1 aromatic rings. The van der Waals surface area contributed by atoms with Gasteiger partial charge in [-0.3, -0.25) is 0 Å². The van der Waals surface area contributed by atoms with Gasteiger partial charge < -0.3 is 15.4 Å². The summed E-state index contributed by atoms with van der Waals surface area (Å²) in [4.78, 5) is 2.65. The first kappa shape index (κ1) is 11.8. The van der Waals surface area contributed by atoms with Gasteiger partial charge in [0.05, 0.1) is 12.8 Å². The van der Waals surface area contributed by atoms with Crippen LogP contribution in [-0.2, 0) is 6.42 Å². The molecule has 3 aliphatic heterocycles. The van der Waals surface area contributed by atoms with Crippen molar-refractivity contribution in [2.45, 2.75) is 31.7 Å². The van der Waals surface area contributed by atoms with E-state index in [0.717, 1.165) is 29.8 Å². The molecule has 0 aromatic heterocycles. The summed E-state index contributed by atoms with van der Waals surface area (Å²) in [6.45, 7) is 2.59. The lowest BCUT2D eigenvalue weighted by atomic mass is 9.81. The Morgan fingerprint density at radius 1 is 1.33 bits per heavy atom. The van der Waals surface area contributed by atoms with E-state index in [1.54, 1.807) is 7.11 Å². The maximum atomic E-state index is 5.97. The Balaban J connectivity index is 1.71. The van der Waals surface area contributed by atoms with Crippen LogP contribution in [0.4, 0.5) is 5.69 Å².